The number of aliphatic hydroxyl groups is 1. The van der Waals surface area contributed by atoms with Crippen molar-refractivity contribution in [1.82, 2.24) is 5.32 Å². The van der Waals surface area contributed by atoms with Gasteiger partial charge in [-0.2, -0.15) is 0 Å². The molecule has 82 valence electrons. The van der Waals surface area contributed by atoms with Gasteiger partial charge in [0.15, 0.2) is 0 Å². The predicted octanol–water partition coefficient (Wildman–Crippen LogP) is 0.600. The molecule has 0 heterocycles. The summed E-state index contributed by atoms with van der Waals surface area (Å²) in [5, 5.41) is 21.5. The van der Waals surface area contributed by atoms with Gasteiger partial charge in [0.2, 0.25) is 0 Å². The molecule has 0 amide bonds. The van der Waals surface area contributed by atoms with E-state index in [0.717, 1.165) is 12.8 Å². The van der Waals surface area contributed by atoms with E-state index in [1.54, 1.807) is 6.92 Å². The molecule has 1 saturated carbocycles. The van der Waals surface area contributed by atoms with Crippen molar-refractivity contribution in [1.29, 1.82) is 0 Å². The first-order valence-electron chi connectivity index (χ1n) is 5.15. The van der Waals surface area contributed by atoms with E-state index < -0.39 is 17.6 Å². The van der Waals surface area contributed by atoms with Crippen LogP contribution in [0.5, 0.6) is 0 Å². The van der Waals surface area contributed by atoms with Crippen molar-refractivity contribution in [3.63, 3.8) is 0 Å². The van der Waals surface area contributed by atoms with Gasteiger partial charge in [-0.3, -0.25) is 4.79 Å². The van der Waals surface area contributed by atoms with E-state index in [4.69, 9.17) is 5.11 Å². The Bertz CT molecular complexity index is 211. The lowest BCUT2D eigenvalue weighted by Gasteiger charge is -2.24. The average Bonchev–Trinajstić information content (AvgIpc) is 2.88. The molecule has 0 aromatic heterocycles. The molecule has 4 heteroatoms. The Balaban J connectivity index is 2.37. The van der Waals surface area contributed by atoms with E-state index in [1.807, 2.05) is 6.92 Å². The molecule has 0 aromatic carbocycles. The number of nitrogens with one attached hydrogen (secondary N) is 1. The number of hydrogen-bond donors (Lipinski definition) is 3. The maximum atomic E-state index is 10.8. The van der Waals surface area contributed by atoms with E-state index in [-0.39, 0.29) is 5.92 Å². The monoisotopic (exact) mass is 201 g/mol. The Labute approximate surface area is 84.3 Å². The van der Waals surface area contributed by atoms with E-state index in [1.165, 1.54) is 0 Å². The van der Waals surface area contributed by atoms with Gasteiger partial charge in [0.1, 0.15) is 6.04 Å². The summed E-state index contributed by atoms with van der Waals surface area (Å²) in [4.78, 5) is 10.8. The van der Waals surface area contributed by atoms with Crippen LogP contribution in [0.1, 0.15) is 33.1 Å². The second-order valence-corrected chi connectivity index (χ2v) is 4.38. The Morgan fingerprint density at radius 3 is 2.57 bits per heavy atom. The molecule has 1 fully saturated rings. The normalized spacial score (nSPS) is 22.8. The zero-order chi connectivity index (χ0) is 10.8. The van der Waals surface area contributed by atoms with Crippen molar-refractivity contribution in [3.05, 3.63) is 0 Å². The summed E-state index contributed by atoms with van der Waals surface area (Å²) in [7, 11) is 0. The Morgan fingerprint density at radius 1 is 1.64 bits per heavy atom. The first kappa shape index (κ1) is 11.5. The average molecular weight is 201 g/mol. The third-order valence-corrected chi connectivity index (χ3v) is 2.82. The largest absolute Gasteiger partial charge is 0.480 e. The number of aliphatic carboxylic acids is 1. The molecule has 2 atom stereocenters. The highest BCUT2D eigenvalue weighted by Crippen LogP contribution is 2.32. The van der Waals surface area contributed by atoms with Crippen LogP contribution in [0, 0.1) is 5.92 Å². The molecule has 0 saturated heterocycles. The number of hydrogen-bond acceptors (Lipinski definition) is 3. The molecule has 0 spiro atoms. The third-order valence-electron chi connectivity index (χ3n) is 2.82. The van der Waals surface area contributed by atoms with E-state index in [2.05, 4.69) is 5.32 Å². The Hall–Kier alpha value is -0.610. The lowest BCUT2D eigenvalue weighted by atomic mass is 10.0. The fraction of sp³-hybridized carbons (Fsp3) is 0.900. The van der Waals surface area contributed by atoms with Crippen molar-refractivity contribution in [2.24, 2.45) is 5.92 Å². The van der Waals surface area contributed by atoms with Crippen LogP contribution in [0.2, 0.25) is 0 Å². The maximum Gasteiger partial charge on any atom is 0.320 e. The van der Waals surface area contributed by atoms with Gasteiger partial charge in [-0.1, -0.05) is 6.92 Å². The van der Waals surface area contributed by atoms with Crippen molar-refractivity contribution in [2.45, 2.75) is 44.8 Å². The van der Waals surface area contributed by atoms with Gasteiger partial charge in [-0.15, -0.1) is 0 Å². The topological polar surface area (TPSA) is 69.6 Å². The third kappa shape index (κ3) is 3.27. The summed E-state index contributed by atoms with van der Waals surface area (Å²) in [6.07, 6.45) is 2.59. The maximum absolute atomic E-state index is 10.8. The van der Waals surface area contributed by atoms with Crippen molar-refractivity contribution in [2.75, 3.05) is 6.54 Å². The van der Waals surface area contributed by atoms with Gasteiger partial charge in [0.05, 0.1) is 5.60 Å². The highest BCUT2D eigenvalue weighted by Gasteiger charge is 2.36. The lowest BCUT2D eigenvalue weighted by Crippen LogP contribution is -2.46. The van der Waals surface area contributed by atoms with Crippen molar-refractivity contribution in [3.8, 4) is 0 Å². The molecule has 1 aliphatic rings. The minimum Gasteiger partial charge on any atom is -0.480 e. The van der Waals surface area contributed by atoms with E-state index in [0.29, 0.717) is 13.0 Å². The fourth-order valence-electron chi connectivity index (χ4n) is 1.34. The van der Waals surface area contributed by atoms with Crippen molar-refractivity contribution < 1.29 is 15.0 Å². The molecule has 0 radical (unpaired) electrons. The zero-order valence-electron chi connectivity index (χ0n) is 8.79. The summed E-state index contributed by atoms with van der Waals surface area (Å²) in [5.41, 5.74) is -0.803. The van der Waals surface area contributed by atoms with Gasteiger partial charge in [-0.05, 0) is 32.1 Å². The van der Waals surface area contributed by atoms with Crippen LogP contribution < -0.4 is 5.32 Å². The predicted molar refractivity (Wildman–Crippen MR) is 53.1 cm³/mol. The number of rotatable bonds is 6. The highest BCUT2D eigenvalue weighted by atomic mass is 16.4. The molecule has 3 N–H and O–H groups in total. The Kier molecular flexibility index (Phi) is 3.50. The van der Waals surface area contributed by atoms with Gasteiger partial charge in [-0.25, -0.2) is 0 Å². The molecule has 0 bridgehead atoms. The summed E-state index contributed by atoms with van der Waals surface area (Å²) >= 11 is 0. The molecule has 14 heavy (non-hydrogen) atoms. The molecule has 4 nitrogen and oxygen atoms in total. The first-order valence-corrected chi connectivity index (χ1v) is 5.15. The Morgan fingerprint density at radius 2 is 2.21 bits per heavy atom. The van der Waals surface area contributed by atoms with Crippen LogP contribution in [0.4, 0.5) is 0 Å². The lowest BCUT2D eigenvalue weighted by molar-refractivity contribution is -0.140. The molecular weight excluding hydrogens is 182 g/mol. The molecule has 0 aliphatic heterocycles. The summed E-state index contributed by atoms with van der Waals surface area (Å²) in [6.45, 7) is 3.94. The molecule has 1 rings (SSSR count). The number of carboxylic acids is 1. The fourth-order valence-corrected chi connectivity index (χ4v) is 1.34. The summed E-state index contributed by atoms with van der Waals surface area (Å²) < 4.78 is 0. The van der Waals surface area contributed by atoms with Gasteiger partial charge >= 0.3 is 5.97 Å². The SMILES string of the molecule is CCC(C)(O)CNC(C(=O)O)C1CC1. The zero-order valence-corrected chi connectivity index (χ0v) is 8.79. The second-order valence-electron chi connectivity index (χ2n) is 4.38. The second kappa shape index (κ2) is 4.28. The van der Waals surface area contributed by atoms with Crippen LogP contribution in [0.15, 0.2) is 0 Å². The standard InChI is InChI=1S/C10H19NO3/c1-3-10(2,14)6-11-8(9(12)13)7-4-5-7/h7-8,11,14H,3-6H2,1-2H3,(H,12,13). The van der Waals surface area contributed by atoms with E-state index >= 15 is 0 Å². The van der Waals surface area contributed by atoms with Gasteiger partial charge < -0.3 is 15.5 Å². The number of carbonyl (C=O) groups is 1. The molecule has 0 aromatic rings. The van der Waals surface area contributed by atoms with Crippen LogP contribution in [-0.2, 0) is 4.79 Å². The van der Waals surface area contributed by atoms with Crippen LogP contribution in [-0.4, -0.2) is 34.4 Å². The minimum absolute atomic E-state index is 0.264. The van der Waals surface area contributed by atoms with Crippen molar-refractivity contribution >= 4 is 5.97 Å². The summed E-state index contributed by atoms with van der Waals surface area (Å²) in [6, 6.07) is -0.479. The molecule has 1 aliphatic carbocycles. The minimum atomic E-state index is -0.806. The first-order chi connectivity index (χ1) is 6.46. The molecule has 2 unspecified atom stereocenters. The van der Waals surface area contributed by atoms with Gasteiger partial charge in [0, 0.05) is 6.54 Å². The quantitative estimate of drug-likeness (QED) is 0.588. The van der Waals surface area contributed by atoms with Crippen LogP contribution in [0.25, 0.3) is 0 Å². The molecular formula is C10H19NO3. The summed E-state index contributed by atoms with van der Waals surface area (Å²) in [5.74, 6) is -0.542. The van der Waals surface area contributed by atoms with Crippen LogP contribution >= 0.6 is 0 Å². The highest BCUT2D eigenvalue weighted by molar-refractivity contribution is 5.74. The number of carboxylic acid groups (broad SMARTS) is 1. The smallest absolute Gasteiger partial charge is 0.320 e. The van der Waals surface area contributed by atoms with E-state index in [9.17, 15) is 9.90 Å². The van der Waals surface area contributed by atoms with Crippen LogP contribution in [0.3, 0.4) is 0 Å². The van der Waals surface area contributed by atoms with Gasteiger partial charge in [0.25, 0.3) is 0 Å².